The van der Waals surface area contributed by atoms with Crippen molar-refractivity contribution in [2.45, 2.75) is 24.3 Å². The van der Waals surface area contributed by atoms with E-state index in [4.69, 9.17) is 4.42 Å². The SMILES string of the molecule is CS(=O)(=O)c1ccc2oc(CNCC3CC3)nc2c1. The first-order chi connectivity index (χ1) is 9.02. The molecule has 1 fully saturated rings. The van der Waals surface area contributed by atoms with Crippen LogP contribution in [0.2, 0.25) is 0 Å². The molecule has 0 atom stereocenters. The van der Waals surface area contributed by atoms with Crippen LogP contribution in [-0.2, 0) is 16.4 Å². The highest BCUT2D eigenvalue weighted by Crippen LogP contribution is 2.27. The molecule has 1 aliphatic carbocycles. The highest BCUT2D eigenvalue weighted by Gasteiger charge is 2.20. The van der Waals surface area contributed by atoms with Crippen LogP contribution in [0.25, 0.3) is 11.1 Å². The lowest BCUT2D eigenvalue weighted by molar-refractivity contribution is 0.490. The molecule has 2 aromatic rings. The molecule has 3 rings (SSSR count). The zero-order chi connectivity index (χ0) is 13.5. The van der Waals surface area contributed by atoms with E-state index in [1.807, 2.05) is 0 Å². The molecule has 102 valence electrons. The number of nitrogens with zero attached hydrogens (tertiary/aromatic N) is 1. The van der Waals surface area contributed by atoms with E-state index in [1.165, 1.54) is 19.1 Å². The molecule has 1 aromatic carbocycles. The number of fused-ring (bicyclic) bond motifs is 1. The van der Waals surface area contributed by atoms with Crippen molar-refractivity contribution in [3.8, 4) is 0 Å². The summed E-state index contributed by atoms with van der Waals surface area (Å²) >= 11 is 0. The van der Waals surface area contributed by atoms with Crippen LogP contribution in [0.1, 0.15) is 18.7 Å². The smallest absolute Gasteiger partial charge is 0.209 e. The van der Waals surface area contributed by atoms with Crippen molar-refractivity contribution in [2.24, 2.45) is 5.92 Å². The van der Waals surface area contributed by atoms with Gasteiger partial charge in [0.05, 0.1) is 11.4 Å². The summed E-state index contributed by atoms with van der Waals surface area (Å²) in [6, 6.07) is 4.76. The summed E-state index contributed by atoms with van der Waals surface area (Å²) in [4.78, 5) is 4.58. The van der Waals surface area contributed by atoms with Crippen LogP contribution in [0.3, 0.4) is 0 Å². The molecule has 19 heavy (non-hydrogen) atoms. The van der Waals surface area contributed by atoms with Crippen LogP contribution in [0.5, 0.6) is 0 Å². The van der Waals surface area contributed by atoms with Crippen LogP contribution >= 0.6 is 0 Å². The van der Waals surface area contributed by atoms with Crippen molar-refractivity contribution in [2.75, 3.05) is 12.8 Å². The van der Waals surface area contributed by atoms with Crippen LogP contribution < -0.4 is 5.32 Å². The third-order valence-corrected chi connectivity index (χ3v) is 4.35. The van der Waals surface area contributed by atoms with Crippen molar-refractivity contribution in [1.29, 1.82) is 0 Å². The van der Waals surface area contributed by atoms with E-state index in [9.17, 15) is 8.42 Å². The average molecular weight is 280 g/mol. The Morgan fingerprint density at radius 2 is 2.21 bits per heavy atom. The second-order valence-electron chi connectivity index (χ2n) is 5.08. The Kier molecular flexibility index (Phi) is 3.06. The fourth-order valence-electron chi connectivity index (χ4n) is 1.97. The summed E-state index contributed by atoms with van der Waals surface area (Å²) in [5.41, 5.74) is 1.21. The Morgan fingerprint density at radius 3 is 2.89 bits per heavy atom. The third kappa shape index (κ3) is 2.96. The number of oxazole rings is 1. The van der Waals surface area contributed by atoms with Crippen molar-refractivity contribution in [3.05, 3.63) is 24.1 Å². The minimum atomic E-state index is -3.20. The molecule has 1 aromatic heterocycles. The summed E-state index contributed by atoms with van der Waals surface area (Å²) in [5.74, 6) is 1.41. The molecule has 1 N–H and O–H groups in total. The predicted octanol–water partition coefficient (Wildman–Crippen LogP) is 1.73. The third-order valence-electron chi connectivity index (χ3n) is 3.24. The quantitative estimate of drug-likeness (QED) is 0.903. The maximum absolute atomic E-state index is 11.5. The van der Waals surface area contributed by atoms with E-state index in [2.05, 4.69) is 10.3 Å². The molecule has 0 aliphatic heterocycles. The number of sulfone groups is 1. The van der Waals surface area contributed by atoms with Gasteiger partial charge in [0.2, 0.25) is 5.89 Å². The number of hydrogen-bond donors (Lipinski definition) is 1. The maximum atomic E-state index is 11.5. The standard InChI is InChI=1S/C13H16N2O3S/c1-19(16,17)10-4-5-12-11(6-10)15-13(18-12)8-14-7-9-2-3-9/h4-6,9,14H,2-3,7-8H2,1H3. The minimum absolute atomic E-state index is 0.269. The molecule has 0 saturated heterocycles. The van der Waals surface area contributed by atoms with Gasteiger partial charge in [-0.2, -0.15) is 0 Å². The van der Waals surface area contributed by atoms with Crippen molar-refractivity contribution in [1.82, 2.24) is 10.3 Å². The monoisotopic (exact) mass is 280 g/mol. The Hall–Kier alpha value is -1.40. The summed E-state index contributed by atoms with van der Waals surface area (Å²) in [6.45, 7) is 1.58. The molecular formula is C13H16N2O3S. The molecule has 5 nitrogen and oxygen atoms in total. The Labute approximate surface area is 111 Å². The highest BCUT2D eigenvalue weighted by molar-refractivity contribution is 7.90. The van der Waals surface area contributed by atoms with Gasteiger partial charge in [-0.25, -0.2) is 13.4 Å². The Balaban J connectivity index is 1.79. The van der Waals surface area contributed by atoms with Gasteiger partial charge in [-0.15, -0.1) is 0 Å². The van der Waals surface area contributed by atoms with Crippen LogP contribution in [0.15, 0.2) is 27.5 Å². The molecule has 6 heteroatoms. The van der Waals surface area contributed by atoms with E-state index in [-0.39, 0.29) is 4.90 Å². The van der Waals surface area contributed by atoms with Gasteiger partial charge in [-0.1, -0.05) is 0 Å². The normalized spacial score (nSPS) is 16.1. The first kappa shape index (κ1) is 12.6. The molecule has 0 amide bonds. The Bertz CT molecular complexity index is 702. The van der Waals surface area contributed by atoms with Crippen molar-refractivity contribution in [3.63, 3.8) is 0 Å². The fourth-order valence-corrected chi connectivity index (χ4v) is 2.61. The van der Waals surface area contributed by atoms with Gasteiger partial charge < -0.3 is 9.73 Å². The number of nitrogens with one attached hydrogen (secondary N) is 1. The largest absolute Gasteiger partial charge is 0.439 e. The van der Waals surface area contributed by atoms with E-state index in [1.54, 1.807) is 18.2 Å². The fraction of sp³-hybridized carbons (Fsp3) is 0.462. The van der Waals surface area contributed by atoms with E-state index in [0.29, 0.717) is 23.5 Å². The molecule has 1 heterocycles. The van der Waals surface area contributed by atoms with Crippen molar-refractivity contribution >= 4 is 20.9 Å². The van der Waals surface area contributed by atoms with Crippen LogP contribution in [0.4, 0.5) is 0 Å². The lowest BCUT2D eigenvalue weighted by Crippen LogP contribution is -2.16. The van der Waals surface area contributed by atoms with Crippen LogP contribution in [-0.4, -0.2) is 26.2 Å². The summed E-state index contributed by atoms with van der Waals surface area (Å²) in [7, 11) is -3.20. The minimum Gasteiger partial charge on any atom is -0.439 e. The second-order valence-corrected chi connectivity index (χ2v) is 7.10. The number of aromatic nitrogens is 1. The van der Waals surface area contributed by atoms with E-state index in [0.717, 1.165) is 12.5 Å². The number of rotatable bonds is 5. The van der Waals surface area contributed by atoms with Gasteiger partial charge in [0.15, 0.2) is 15.4 Å². The Morgan fingerprint density at radius 1 is 1.42 bits per heavy atom. The van der Waals surface area contributed by atoms with Gasteiger partial charge in [0.1, 0.15) is 5.52 Å². The molecule has 1 aliphatic rings. The number of benzene rings is 1. The van der Waals surface area contributed by atoms with Gasteiger partial charge >= 0.3 is 0 Å². The highest BCUT2D eigenvalue weighted by atomic mass is 32.2. The van der Waals surface area contributed by atoms with Gasteiger partial charge in [-0.3, -0.25) is 0 Å². The second kappa shape index (κ2) is 4.61. The topological polar surface area (TPSA) is 72.2 Å². The molecule has 0 spiro atoms. The van der Waals surface area contributed by atoms with E-state index < -0.39 is 9.84 Å². The molecular weight excluding hydrogens is 264 g/mol. The maximum Gasteiger partial charge on any atom is 0.209 e. The first-order valence-electron chi connectivity index (χ1n) is 6.32. The van der Waals surface area contributed by atoms with Gasteiger partial charge in [0.25, 0.3) is 0 Å². The molecule has 0 bridgehead atoms. The summed E-state index contributed by atoms with van der Waals surface area (Å²) in [6.07, 6.45) is 3.79. The van der Waals surface area contributed by atoms with Crippen molar-refractivity contribution < 1.29 is 12.8 Å². The lowest BCUT2D eigenvalue weighted by Gasteiger charge is -1.97. The van der Waals surface area contributed by atoms with Gasteiger partial charge in [0, 0.05) is 6.26 Å². The zero-order valence-corrected chi connectivity index (χ0v) is 11.5. The lowest BCUT2D eigenvalue weighted by atomic mass is 10.3. The molecule has 1 saturated carbocycles. The number of hydrogen-bond acceptors (Lipinski definition) is 5. The molecule has 0 unspecified atom stereocenters. The molecule has 0 radical (unpaired) electrons. The van der Waals surface area contributed by atoms with Gasteiger partial charge in [-0.05, 0) is 43.5 Å². The predicted molar refractivity (Wildman–Crippen MR) is 71.5 cm³/mol. The average Bonchev–Trinajstić information content (AvgIpc) is 3.06. The summed E-state index contributed by atoms with van der Waals surface area (Å²) in [5, 5.41) is 3.29. The zero-order valence-electron chi connectivity index (χ0n) is 10.7. The van der Waals surface area contributed by atoms with E-state index >= 15 is 0 Å². The van der Waals surface area contributed by atoms with Crippen LogP contribution in [0, 0.1) is 5.92 Å². The summed E-state index contributed by atoms with van der Waals surface area (Å²) < 4.78 is 28.5. The first-order valence-corrected chi connectivity index (χ1v) is 8.22.